The van der Waals surface area contributed by atoms with Gasteiger partial charge in [-0.25, -0.2) is 0 Å². The van der Waals surface area contributed by atoms with Crippen molar-refractivity contribution in [2.24, 2.45) is 10.2 Å². The van der Waals surface area contributed by atoms with Crippen LogP contribution in [0.5, 0.6) is 11.5 Å². The molecule has 0 unspecified atom stereocenters. The number of phenolic OH excluding ortho intramolecular Hbond substituents is 1. The highest BCUT2D eigenvalue weighted by molar-refractivity contribution is 7.80. The Labute approximate surface area is 151 Å². The second-order valence-corrected chi connectivity index (χ2v) is 5.82. The molecule has 3 aromatic rings. The van der Waals surface area contributed by atoms with Crippen molar-refractivity contribution < 1.29 is 9.84 Å². The molecule has 0 aliphatic carbocycles. The molecule has 0 aromatic heterocycles. The van der Waals surface area contributed by atoms with E-state index in [0.717, 1.165) is 22.0 Å². The van der Waals surface area contributed by atoms with Crippen molar-refractivity contribution >= 4 is 39.5 Å². The van der Waals surface area contributed by atoms with Gasteiger partial charge in [0.1, 0.15) is 11.5 Å². The number of benzene rings is 3. The van der Waals surface area contributed by atoms with Crippen LogP contribution < -0.4 is 10.1 Å². The lowest BCUT2D eigenvalue weighted by molar-refractivity contribution is 0.417. The number of hydrogen-bond donors (Lipinski definition) is 2. The fraction of sp³-hybridized carbons (Fsp3) is 0.105. The Balaban J connectivity index is 1.88. The number of anilines is 1. The van der Waals surface area contributed by atoms with Gasteiger partial charge in [0, 0.05) is 10.8 Å². The SMILES string of the molecule is COc1ccccc1NC(=S)N=Nc1cc(C)c(O)c2ccccc12. The molecule has 0 bridgehead atoms. The van der Waals surface area contributed by atoms with Crippen molar-refractivity contribution in [3.05, 3.63) is 60.2 Å². The molecule has 0 saturated carbocycles. The van der Waals surface area contributed by atoms with Gasteiger partial charge in [-0.05, 0) is 42.9 Å². The number of hydrogen-bond acceptors (Lipinski definition) is 4. The minimum Gasteiger partial charge on any atom is -0.507 e. The van der Waals surface area contributed by atoms with Crippen molar-refractivity contribution in [2.75, 3.05) is 12.4 Å². The highest BCUT2D eigenvalue weighted by Crippen LogP contribution is 2.35. The molecule has 126 valence electrons. The van der Waals surface area contributed by atoms with Crippen LogP contribution in [0, 0.1) is 6.92 Å². The van der Waals surface area contributed by atoms with E-state index >= 15 is 0 Å². The van der Waals surface area contributed by atoms with Crippen LogP contribution in [0.25, 0.3) is 10.8 Å². The zero-order valence-corrected chi connectivity index (χ0v) is 14.7. The number of nitrogens with zero attached hydrogens (tertiary/aromatic N) is 2. The summed E-state index contributed by atoms with van der Waals surface area (Å²) in [5, 5.41) is 23.3. The van der Waals surface area contributed by atoms with Crippen LogP contribution in [0.3, 0.4) is 0 Å². The van der Waals surface area contributed by atoms with Crippen molar-refractivity contribution in [3.8, 4) is 11.5 Å². The maximum absolute atomic E-state index is 10.2. The molecule has 2 N–H and O–H groups in total. The Morgan fingerprint density at radius 3 is 2.52 bits per heavy atom. The third-order valence-corrected chi connectivity index (χ3v) is 3.97. The molecule has 0 spiro atoms. The highest BCUT2D eigenvalue weighted by Gasteiger charge is 2.08. The maximum atomic E-state index is 10.2. The molecule has 6 heteroatoms. The number of fused-ring (bicyclic) bond motifs is 1. The van der Waals surface area contributed by atoms with E-state index in [4.69, 9.17) is 17.0 Å². The van der Waals surface area contributed by atoms with Crippen LogP contribution in [0.2, 0.25) is 0 Å². The normalized spacial score (nSPS) is 11.0. The summed E-state index contributed by atoms with van der Waals surface area (Å²) in [5.74, 6) is 0.926. The van der Waals surface area contributed by atoms with Crippen molar-refractivity contribution in [1.29, 1.82) is 0 Å². The Bertz CT molecular complexity index is 970. The standard InChI is InChI=1S/C19H17N3O2S/c1-12-11-16(13-7-3-4-8-14(13)18(12)23)21-22-19(25)20-15-9-5-6-10-17(15)24-2/h3-11,23H,1-2H3,(H,20,25). The van der Waals surface area contributed by atoms with E-state index in [2.05, 4.69) is 15.5 Å². The number of thiocarbonyl (C=S) groups is 1. The van der Waals surface area contributed by atoms with Gasteiger partial charge in [0.15, 0.2) is 0 Å². The first-order valence-corrected chi connectivity index (χ1v) is 8.08. The summed E-state index contributed by atoms with van der Waals surface area (Å²) in [7, 11) is 1.59. The number of nitrogens with one attached hydrogen (secondary N) is 1. The first-order valence-electron chi connectivity index (χ1n) is 7.67. The predicted octanol–water partition coefficient (Wildman–Crippen LogP) is 5.34. The van der Waals surface area contributed by atoms with Crippen molar-refractivity contribution in [1.82, 2.24) is 0 Å². The second-order valence-electron chi connectivity index (χ2n) is 5.44. The van der Waals surface area contributed by atoms with Gasteiger partial charge >= 0.3 is 0 Å². The molecule has 3 aromatic carbocycles. The molecule has 5 nitrogen and oxygen atoms in total. The second kappa shape index (κ2) is 7.27. The third-order valence-electron chi connectivity index (χ3n) is 3.78. The van der Waals surface area contributed by atoms with E-state index in [9.17, 15) is 5.11 Å². The maximum Gasteiger partial charge on any atom is 0.218 e. The van der Waals surface area contributed by atoms with Crippen molar-refractivity contribution in [3.63, 3.8) is 0 Å². The van der Waals surface area contributed by atoms with Gasteiger partial charge in [-0.15, -0.1) is 10.2 Å². The van der Waals surface area contributed by atoms with Crippen molar-refractivity contribution in [2.45, 2.75) is 6.92 Å². The zero-order valence-electron chi connectivity index (χ0n) is 13.9. The molecule has 0 heterocycles. The molecule has 0 saturated heterocycles. The van der Waals surface area contributed by atoms with Crippen LogP contribution in [-0.2, 0) is 0 Å². The minimum atomic E-state index is 0.222. The summed E-state index contributed by atoms with van der Waals surface area (Å²) in [6.07, 6.45) is 0. The van der Waals surface area contributed by atoms with Crippen LogP contribution in [0.1, 0.15) is 5.56 Å². The lowest BCUT2D eigenvalue weighted by Gasteiger charge is -2.09. The Morgan fingerprint density at radius 2 is 1.76 bits per heavy atom. The topological polar surface area (TPSA) is 66.2 Å². The quantitative estimate of drug-likeness (QED) is 0.493. The van der Waals surface area contributed by atoms with E-state index in [1.54, 1.807) is 13.2 Å². The first kappa shape index (κ1) is 16.9. The Morgan fingerprint density at radius 1 is 1.08 bits per heavy atom. The van der Waals surface area contributed by atoms with E-state index in [1.807, 2.05) is 55.5 Å². The van der Waals surface area contributed by atoms with Gasteiger partial charge in [-0.2, -0.15) is 0 Å². The lowest BCUT2D eigenvalue weighted by Crippen LogP contribution is -2.06. The summed E-state index contributed by atoms with van der Waals surface area (Å²) in [6, 6.07) is 16.7. The van der Waals surface area contributed by atoms with E-state index < -0.39 is 0 Å². The van der Waals surface area contributed by atoms with E-state index in [1.165, 1.54) is 0 Å². The van der Waals surface area contributed by atoms with Crippen LogP contribution in [-0.4, -0.2) is 17.3 Å². The number of para-hydroxylation sites is 2. The van der Waals surface area contributed by atoms with Gasteiger partial charge in [0.05, 0.1) is 18.5 Å². The average molecular weight is 351 g/mol. The molecule has 0 amide bonds. The number of methoxy groups -OCH3 is 1. The molecule has 3 rings (SSSR count). The fourth-order valence-electron chi connectivity index (χ4n) is 2.55. The number of phenols is 1. The zero-order chi connectivity index (χ0) is 17.8. The predicted molar refractivity (Wildman–Crippen MR) is 104 cm³/mol. The van der Waals surface area contributed by atoms with Gasteiger partial charge in [0.2, 0.25) is 5.11 Å². The van der Waals surface area contributed by atoms with E-state index in [0.29, 0.717) is 11.4 Å². The number of rotatable bonds is 3. The molecule has 0 fully saturated rings. The molecular weight excluding hydrogens is 334 g/mol. The number of aryl methyl sites for hydroxylation is 1. The highest BCUT2D eigenvalue weighted by atomic mass is 32.1. The molecular formula is C19H17N3O2S. The number of aromatic hydroxyl groups is 1. The van der Waals surface area contributed by atoms with Gasteiger partial charge in [0.25, 0.3) is 0 Å². The van der Waals surface area contributed by atoms with Crippen LogP contribution >= 0.6 is 12.2 Å². The van der Waals surface area contributed by atoms with Crippen LogP contribution in [0.15, 0.2) is 64.8 Å². The fourth-order valence-corrected chi connectivity index (χ4v) is 2.70. The Hall–Kier alpha value is -2.99. The molecule has 0 atom stereocenters. The smallest absolute Gasteiger partial charge is 0.218 e. The molecule has 25 heavy (non-hydrogen) atoms. The summed E-state index contributed by atoms with van der Waals surface area (Å²) >= 11 is 5.25. The van der Waals surface area contributed by atoms with Crippen LogP contribution in [0.4, 0.5) is 11.4 Å². The monoisotopic (exact) mass is 351 g/mol. The number of azo groups is 1. The molecule has 0 radical (unpaired) electrons. The summed E-state index contributed by atoms with van der Waals surface area (Å²) < 4.78 is 5.27. The molecule has 0 aliphatic rings. The third kappa shape index (κ3) is 3.59. The number of ether oxygens (including phenoxy) is 1. The molecule has 0 aliphatic heterocycles. The summed E-state index contributed by atoms with van der Waals surface area (Å²) in [5.41, 5.74) is 2.10. The minimum absolute atomic E-state index is 0.222. The Kier molecular flexibility index (Phi) is 4.90. The van der Waals surface area contributed by atoms with Gasteiger partial charge in [-0.3, -0.25) is 0 Å². The van der Waals surface area contributed by atoms with Gasteiger partial charge in [-0.1, -0.05) is 36.4 Å². The van der Waals surface area contributed by atoms with Gasteiger partial charge < -0.3 is 15.2 Å². The summed E-state index contributed by atoms with van der Waals surface area (Å²) in [4.78, 5) is 0. The first-order chi connectivity index (χ1) is 12.1. The average Bonchev–Trinajstić information content (AvgIpc) is 2.64. The van der Waals surface area contributed by atoms with E-state index in [-0.39, 0.29) is 10.9 Å². The summed E-state index contributed by atoms with van der Waals surface area (Å²) in [6.45, 7) is 1.83. The largest absolute Gasteiger partial charge is 0.507 e. The lowest BCUT2D eigenvalue weighted by atomic mass is 10.0.